The number of rotatable bonds is 9. The van der Waals surface area contributed by atoms with E-state index in [9.17, 15) is 4.79 Å². The first-order valence-corrected chi connectivity index (χ1v) is 6.32. The Kier molecular flexibility index (Phi) is 9.80. The third-order valence-electron chi connectivity index (χ3n) is 2.57. The van der Waals surface area contributed by atoms with Gasteiger partial charge in [0, 0.05) is 0 Å². The first-order chi connectivity index (χ1) is 7.76. The molecule has 0 aliphatic heterocycles. The fourth-order valence-corrected chi connectivity index (χ4v) is 1.61. The largest absolute Gasteiger partial charge is 0.465 e. The van der Waals surface area contributed by atoms with Gasteiger partial charge >= 0.3 is 5.97 Å². The maximum absolute atomic E-state index is 11.3. The quantitative estimate of drug-likeness (QED) is 0.446. The van der Waals surface area contributed by atoms with E-state index in [1.165, 1.54) is 25.7 Å². The normalized spacial score (nSPS) is 11.8. The minimum absolute atomic E-state index is 0.355. The van der Waals surface area contributed by atoms with Crippen molar-refractivity contribution in [2.75, 3.05) is 6.61 Å². The van der Waals surface area contributed by atoms with Gasteiger partial charge in [0.15, 0.2) is 0 Å². The van der Waals surface area contributed by atoms with Crippen LogP contribution in [0.3, 0.4) is 0 Å². The lowest BCUT2D eigenvalue weighted by molar-refractivity contribution is -0.146. The number of ether oxygens (including phenoxy) is 1. The summed E-state index contributed by atoms with van der Waals surface area (Å²) in [7, 11) is 0. The lowest BCUT2D eigenvalue weighted by Crippen LogP contribution is -2.16. The molecule has 0 spiro atoms. The van der Waals surface area contributed by atoms with Crippen molar-refractivity contribution in [1.29, 1.82) is 5.26 Å². The fraction of sp³-hybridized carbons (Fsp3) is 0.846. The van der Waals surface area contributed by atoms with E-state index in [4.69, 9.17) is 10.00 Å². The lowest BCUT2D eigenvalue weighted by atomic mass is 10.0. The Morgan fingerprint density at radius 1 is 1.19 bits per heavy atom. The standard InChI is InChI=1S/C13H23NO2/c1-3-5-6-7-8-9-10-12(11-14)13(15)16-4-2/h12H,3-10H2,1-2H3/t12-/m0/s1. The molecule has 0 saturated carbocycles. The molecule has 0 bridgehead atoms. The monoisotopic (exact) mass is 225 g/mol. The van der Waals surface area contributed by atoms with Gasteiger partial charge in [-0.2, -0.15) is 5.26 Å². The summed E-state index contributed by atoms with van der Waals surface area (Å²) < 4.78 is 4.83. The zero-order valence-corrected chi connectivity index (χ0v) is 10.5. The number of carbonyl (C=O) groups excluding carboxylic acids is 1. The van der Waals surface area contributed by atoms with Crippen LogP contribution >= 0.6 is 0 Å². The van der Waals surface area contributed by atoms with Gasteiger partial charge < -0.3 is 4.74 Å². The highest BCUT2D eigenvalue weighted by Crippen LogP contribution is 2.13. The predicted molar refractivity (Wildman–Crippen MR) is 63.7 cm³/mol. The number of esters is 1. The van der Waals surface area contributed by atoms with Crippen molar-refractivity contribution in [1.82, 2.24) is 0 Å². The predicted octanol–water partition coefficient (Wildman–Crippen LogP) is 3.44. The summed E-state index contributed by atoms with van der Waals surface area (Å²) in [6.45, 7) is 4.30. The Morgan fingerprint density at radius 3 is 2.38 bits per heavy atom. The van der Waals surface area contributed by atoms with Gasteiger partial charge in [0.1, 0.15) is 5.92 Å². The molecule has 0 unspecified atom stereocenters. The molecule has 1 atom stereocenters. The minimum atomic E-state index is -0.564. The molecule has 3 heteroatoms. The zero-order chi connectivity index (χ0) is 12.2. The van der Waals surface area contributed by atoms with Gasteiger partial charge in [-0.3, -0.25) is 4.79 Å². The summed E-state index contributed by atoms with van der Waals surface area (Å²) in [4.78, 5) is 11.3. The van der Waals surface area contributed by atoms with Crippen molar-refractivity contribution in [3.8, 4) is 6.07 Å². The summed E-state index contributed by atoms with van der Waals surface area (Å²) in [5.74, 6) is -0.926. The molecule has 0 aromatic heterocycles. The molecule has 92 valence electrons. The molecule has 0 amide bonds. The third-order valence-corrected chi connectivity index (χ3v) is 2.57. The summed E-state index contributed by atoms with van der Waals surface area (Å²) in [6.07, 6.45) is 7.67. The first-order valence-electron chi connectivity index (χ1n) is 6.32. The number of carbonyl (C=O) groups is 1. The van der Waals surface area contributed by atoms with Crippen LogP contribution in [0.5, 0.6) is 0 Å². The summed E-state index contributed by atoms with van der Waals surface area (Å²) in [6, 6.07) is 2.01. The molecule has 0 N–H and O–H groups in total. The summed E-state index contributed by atoms with van der Waals surface area (Å²) >= 11 is 0. The SMILES string of the molecule is CCCCCCCC[C@@H](C#N)C(=O)OCC. The van der Waals surface area contributed by atoms with Gasteiger partial charge in [0.25, 0.3) is 0 Å². The maximum atomic E-state index is 11.3. The van der Waals surface area contributed by atoms with Crippen LogP contribution < -0.4 is 0 Å². The van der Waals surface area contributed by atoms with E-state index < -0.39 is 5.92 Å². The summed E-state index contributed by atoms with van der Waals surface area (Å²) in [5.41, 5.74) is 0. The molecular weight excluding hydrogens is 202 g/mol. The maximum Gasteiger partial charge on any atom is 0.323 e. The number of hydrogen-bond acceptors (Lipinski definition) is 3. The van der Waals surface area contributed by atoms with E-state index in [0.29, 0.717) is 13.0 Å². The van der Waals surface area contributed by atoms with Crippen molar-refractivity contribution >= 4 is 5.97 Å². The average molecular weight is 225 g/mol. The van der Waals surface area contributed by atoms with Gasteiger partial charge in [-0.1, -0.05) is 45.4 Å². The molecule has 0 aromatic carbocycles. The van der Waals surface area contributed by atoms with Crippen LogP contribution in [0, 0.1) is 17.2 Å². The van der Waals surface area contributed by atoms with E-state index in [-0.39, 0.29) is 5.97 Å². The van der Waals surface area contributed by atoms with Crippen molar-refractivity contribution in [3.63, 3.8) is 0 Å². The highest BCUT2D eigenvalue weighted by Gasteiger charge is 2.17. The van der Waals surface area contributed by atoms with E-state index in [1.54, 1.807) is 6.92 Å². The fourth-order valence-electron chi connectivity index (χ4n) is 1.61. The number of hydrogen-bond donors (Lipinski definition) is 0. The zero-order valence-electron chi connectivity index (χ0n) is 10.5. The summed E-state index contributed by atoms with van der Waals surface area (Å²) in [5, 5.41) is 8.81. The lowest BCUT2D eigenvalue weighted by Gasteiger charge is -2.07. The number of unbranched alkanes of at least 4 members (excludes halogenated alkanes) is 5. The second kappa shape index (κ2) is 10.5. The molecule has 16 heavy (non-hydrogen) atoms. The topological polar surface area (TPSA) is 50.1 Å². The Bertz CT molecular complexity index is 220. The van der Waals surface area contributed by atoms with E-state index in [1.807, 2.05) is 6.07 Å². The number of nitrogens with zero attached hydrogens (tertiary/aromatic N) is 1. The molecule has 0 radical (unpaired) electrons. The van der Waals surface area contributed by atoms with E-state index in [0.717, 1.165) is 12.8 Å². The van der Waals surface area contributed by atoms with Crippen LogP contribution in [-0.2, 0) is 9.53 Å². The van der Waals surface area contributed by atoms with E-state index >= 15 is 0 Å². The molecule has 0 aliphatic rings. The molecule has 0 saturated heterocycles. The highest BCUT2D eigenvalue weighted by molar-refractivity contribution is 5.75. The van der Waals surface area contributed by atoms with Crippen molar-refractivity contribution in [3.05, 3.63) is 0 Å². The average Bonchev–Trinajstić information content (AvgIpc) is 2.28. The van der Waals surface area contributed by atoms with Crippen LogP contribution in [-0.4, -0.2) is 12.6 Å². The van der Waals surface area contributed by atoms with Crippen LogP contribution in [0.2, 0.25) is 0 Å². The Morgan fingerprint density at radius 2 is 1.81 bits per heavy atom. The van der Waals surface area contributed by atoms with Crippen LogP contribution in [0.4, 0.5) is 0 Å². The second-order valence-corrected chi connectivity index (χ2v) is 3.99. The molecular formula is C13H23NO2. The van der Waals surface area contributed by atoms with Crippen molar-refractivity contribution < 1.29 is 9.53 Å². The Labute approximate surface area is 98.8 Å². The highest BCUT2D eigenvalue weighted by atomic mass is 16.5. The Hall–Kier alpha value is -1.04. The van der Waals surface area contributed by atoms with Crippen molar-refractivity contribution in [2.24, 2.45) is 5.92 Å². The first kappa shape index (κ1) is 15.0. The Balaban J connectivity index is 3.56. The van der Waals surface area contributed by atoms with Gasteiger partial charge in [-0.25, -0.2) is 0 Å². The van der Waals surface area contributed by atoms with Gasteiger partial charge in [0.05, 0.1) is 12.7 Å². The molecule has 0 fully saturated rings. The van der Waals surface area contributed by atoms with Gasteiger partial charge in [0.2, 0.25) is 0 Å². The van der Waals surface area contributed by atoms with E-state index in [2.05, 4.69) is 6.92 Å². The van der Waals surface area contributed by atoms with Crippen molar-refractivity contribution in [2.45, 2.75) is 58.8 Å². The molecule has 0 rings (SSSR count). The van der Waals surface area contributed by atoms with Crippen LogP contribution in [0.15, 0.2) is 0 Å². The van der Waals surface area contributed by atoms with Crippen LogP contribution in [0.25, 0.3) is 0 Å². The molecule has 0 aliphatic carbocycles. The van der Waals surface area contributed by atoms with Gasteiger partial charge in [-0.15, -0.1) is 0 Å². The molecule has 0 aromatic rings. The minimum Gasteiger partial charge on any atom is -0.465 e. The smallest absolute Gasteiger partial charge is 0.323 e. The molecule has 3 nitrogen and oxygen atoms in total. The van der Waals surface area contributed by atoms with Crippen LogP contribution in [0.1, 0.15) is 58.8 Å². The number of nitriles is 1. The van der Waals surface area contributed by atoms with Gasteiger partial charge in [-0.05, 0) is 13.3 Å². The molecule has 0 heterocycles. The third kappa shape index (κ3) is 7.28. The second-order valence-electron chi connectivity index (χ2n) is 3.99.